The number of ether oxygens (including phenoxy) is 2. The van der Waals surface area contributed by atoms with Crippen LogP contribution in [0.2, 0.25) is 0 Å². The minimum atomic E-state index is -0.820. The predicted octanol–water partition coefficient (Wildman–Crippen LogP) is 2.23. The highest BCUT2D eigenvalue weighted by atomic mass is 16.6. The molecule has 5 nitrogen and oxygen atoms in total. The maximum absolute atomic E-state index is 10.9. The van der Waals surface area contributed by atoms with Crippen molar-refractivity contribution in [1.29, 1.82) is 0 Å². The third-order valence-electron chi connectivity index (χ3n) is 3.44. The Kier molecular flexibility index (Phi) is 2.69. The Morgan fingerprint density at radius 2 is 2.00 bits per heavy atom. The van der Waals surface area contributed by atoms with Gasteiger partial charge >= 0.3 is 0 Å². The van der Waals surface area contributed by atoms with E-state index in [9.17, 15) is 10.1 Å². The first-order valence-electron chi connectivity index (χ1n) is 5.39. The van der Waals surface area contributed by atoms with E-state index in [2.05, 4.69) is 0 Å². The van der Waals surface area contributed by atoms with Crippen LogP contribution in [-0.2, 0) is 0 Å². The monoisotopic (exact) mass is 237 g/mol. The summed E-state index contributed by atoms with van der Waals surface area (Å²) in [4.78, 5) is 10.7. The van der Waals surface area contributed by atoms with Crippen LogP contribution in [0.1, 0.15) is 24.8 Å². The second-order valence-electron chi connectivity index (χ2n) is 4.49. The molecular formula is C12H15NO4. The molecule has 0 heterocycles. The Morgan fingerprint density at radius 1 is 1.35 bits per heavy atom. The van der Waals surface area contributed by atoms with Gasteiger partial charge in [-0.25, -0.2) is 0 Å². The third kappa shape index (κ3) is 1.81. The molecule has 92 valence electrons. The molecule has 5 heteroatoms. The van der Waals surface area contributed by atoms with E-state index >= 15 is 0 Å². The van der Waals surface area contributed by atoms with E-state index in [-0.39, 0.29) is 10.8 Å². The molecule has 2 atom stereocenters. The highest BCUT2D eigenvalue weighted by Crippen LogP contribution is 2.54. The average molecular weight is 237 g/mol. The highest BCUT2D eigenvalue weighted by molar-refractivity contribution is 5.46. The van der Waals surface area contributed by atoms with Gasteiger partial charge in [-0.15, -0.1) is 0 Å². The van der Waals surface area contributed by atoms with E-state index in [0.717, 1.165) is 5.56 Å². The number of methoxy groups -OCH3 is 2. The molecular weight excluding hydrogens is 222 g/mol. The van der Waals surface area contributed by atoms with Crippen LogP contribution in [0.25, 0.3) is 0 Å². The van der Waals surface area contributed by atoms with Gasteiger partial charge in [0.2, 0.25) is 5.54 Å². The highest BCUT2D eigenvalue weighted by Gasteiger charge is 2.62. The quantitative estimate of drug-likeness (QED) is 0.595. The first-order valence-corrected chi connectivity index (χ1v) is 5.39. The van der Waals surface area contributed by atoms with Crippen LogP contribution in [0.15, 0.2) is 18.2 Å². The largest absolute Gasteiger partial charge is 0.493 e. The Morgan fingerprint density at radius 3 is 2.47 bits per heavy atom. The standard InChI is InChI=1S/C12H15NO4/c1-12(13(14)15)7-9(12)8-4-5-10(16-2)11(6-8)17-3/h4-6,9H,7H2,1-3H3. The maximum atomic E-state index is 10.9. The van der Waals surface area contributed by atoms with Gasteiger partial charge in [0.05, 0.1) is 20.1 Å². The minimum absolute atomic E-state index is 0.0303. The smallest absolute Gasteiger partial charge is 0.227 e. The van der Waals surface area contributed by atoms with Crippen LogP contribution in [-0.4, -0.2) is 24.7 Å². The summed E-state index contributed by atoms with van der Waals surface area (Å²) in [5.74, 6) is 1.22. The number of nitro groups is 1. The summed E-state index contributed by atoms with van der Waals surface area (Å²) in [6, 6.07) is 5.46. The molecule has 0 aliphatic heterocycles. The van der Waals surface area contributed by atoms with E-state index in [1.165, 1.54) is 0 Å². The number of hydrogen-bond donors (Lipinski definition) is 0. The Labute approximate surface area is 99.5 Å². The van der Waals surface area contributed by atoms with Crippen molar-refractivity contribution in [3.63, 3.8) is 0 Å². The molecule has 0 aromatic heterocycles. The van der Waals surface area contributed by atoms with E-state index in [0.29, 0.717) is 17.9 Å². The van der Waals surface area contributed by atoms with Crippen molar-refractivity contribution < 1.29 is 14.4 Å². The number of nitrogens with zero attached hydrogens (tertiary/aromatic N) is 1. The van der Waals surface area contributed by atoms with Crippen LogP contribution in [0.3, 0.4) is 0 Å². The molecule has 0 bridgehead atoms. The van der Waals surface area contributed by atoms with Crippen molar-refractivity contribution in [3.05, 3.63) is 33.9 Å². The van der Waals surface area contributed by atoms with Gasteiger partial charge in [0, 0.05) is 18.3 Å². The van der Waals surface area contributed by atoms with Crippen molar-refractivity contribution in [2.45, 2.75) is 24.8 Å². The van der Waals surface area contributed by atoms with Crippen LogP contribution in [0, 0.1) is 10.1 Å². The Bertz CT molecular complexity index is 460. The number of hydrogen-bond acceptors (Lipinski definition) is 4. The van der Waals surface area contributed by atoms with Gasteiger partial charge < -0.3 is 9.47 Å². The van der Waals surface area contributed by atoms with Gasteiger partial charge in [-0.05, 0) is 17.7 Å². The SMILES string of the molecule is COc1ccc(C2CC2(C)[N+](=O)[O-])cc1OC. The van der Waals surface area contributed by atoms with E-state index in [1.807, 2.05) is 12.1 Å². The lowest BCUT2D eigenvalue weighted by atomic mass is 10.1. The second-order valence-corrected chi connectivity index (χ2v) is 4.49. The zero-order valence-electron chi connectivity index (χ0n) is 10.1. The van der Waals surface area contributed by atoms with E-state index < -0.39 is 5.54 Å². The van der Waals surface area contributed by atoms with Crippen molar-refractivity contribution in [2.24, 2.45) is 0 Å². The molecule has 0 N–H and O–H groups in total. The van der Waals surface area contributed by atoms with Gasteiger partial charge in [0.25, 0.3) is 0 Å². The van der Waals surface area contributed by atoms with Gasteiger partial charge in [0.1, 0.15) is 0 Å². The van der Waals surface area contributed by atoms with Gasteiger partial charge in [-0.3, -0.25) is 10.1 Å². The fraction of sp³-hybridized carbons (Fsp3) is 0.500. The molecule has 1 aromatic rings. The van der Waals surface area contributed by atoms with Gasteiger partial charge in [-0.2, -0.15) is 0 Å². The molecule has 1 aromatic carbocycles. The lowest BCUT2D eigenvalue weighted by molar-refractivity contribution is -0.535. The number of rotatable bonds is 4. The maximum Gasteiger partial charge on any atom is 0.227 e. The first-order chi connectivity index (χ1) is 8.02. The second kappa shape index (κ2) is 3.91. The molecule has 2 rings (SSSR count). The van der Waals surface area contributed by atoms with Crippen molar-refractivity contribution in [3.8, 4) is 11.5 Å². The third-order valence-corrected chi connectivity index (χ3v) is 3.44. The van der Waals surface area contributed by atoms with Crippen LogP contribution in [0.4, 0.5) is 0 Å². The Balaban J connectivity index is 2.28. The number of benzene rings is 1. The molecule has 1 aliphatic carbocycles. The zero-order chi connectivity index (χ0) is 12.6. The van der Waals surface area contributed by atoms with Gasteiger partial charge in [0.15, 0.2) is 11.5 Å². The summed E-state index contributed by atoms with van der Waals surface area (Å²) < 4.78 is 10.3. The van der Waals surface area contributed by atoms with E-state index in [4.69, 9.17) is 9.47 Å². The van der Waals surface area contributed by atoms with Crippen molar-refractivity contribution in [2.75, 3.05) is 14.2 Å². The topological polar surface area (TPSA) is 61.6 Å². The molecule has 1 aliphatic rings. The summed E-state index contributed by atoms with van der Waals surface area (Å²) in [7, 11) is 3.12. The molecule has 1 fully saturated rings. The molecule has 2 unspecified atom stereocenters. The summed E-state index contributed by atoms with van der Waals surface area (Å²) in [6.45, 7) is 1.67. The fourth-order valence-electron chi connectivity index (χ4n) is 2.10. The summed E-state index contributed by atoms with van der Waals surface area (Å²) >= 11 is 0. The molecule has 0 radical (unpaired) electrons. The molecule has 1 saturated carbocycles. The van der Waals surface area contributed by atoms with Gasteiger partial charge in [-0.1, -0.05) is 6.07 Å². The fourth-order valence-corrected chi connectivity index (χ4v) is 2.10. The van der Waals surface area contributed by atoms with Crippen LogP contribution >= 0.6 is 0 Å². The first kappa shape index (κ1) is 11.7. The van der Waals surface area contributed by atoms with Crippen LogP contribution in [0.5, 0.6) is 11.5 Å². The van der Waals surface area contributed by atoms with Crippen molar-refractivity contribution >= 4 is 0 Å². The van der Waals surface area contributed by atoms with Crippen molar-refractivity contribution in [1.82, 2.24) is 0 Å². The predicted molar refractivity (Wildman–Crippen MR) is 62.3 cm³/mol. The molecule has 0 amide bonds. The molecule has 0 spiro atoms. The molecule has 17 heavy (non-hydrogen) atoms. The summed E-state index contributed by atoms with van der Waals surface area (Å²) in [5.41, 5.74) is 0.112. The molecule has 0 saturated heterocycles. The normalized spacial score (nSPS) is 26.4. The average Bonchev–Trinajstić information content (AvgIpc) is 3.02. The Hall–Kier alpha value is -1.78. The lowest BCUT2D eigenvalue weighted by Crippen LogP contribution is -2.18. The van der Waals surface area contributed by atoms with Crippen LogP contribution < -0.4 is 9.47 Å². The summed E-state index contributed by atoms with van der Waals surface area (Å²) in [6.07, 6.45) is 0.579. The lowest BCUT2D eigenvalue weighted by Gasteiger charge is -2.09. The summed E-state index contributed by atoms with van der Waals surface area (Å²) in [5, 5.41) is 10.9. The zero-order valence-corrected chi connectivity index (χ0v) is 10.1. The minimum Gasteiger partial charge on any atom is -0.493 e. The van der Waals surface area contributed by atoms with E-state index in [1.54, 1.807) is 27.2 Å².